The van der Waals surface area contributed by atoms with Crippen LogP contribution < -0.4 is 5.32 Å². The Morgan fingerprint density at radius 3 is 2.69 bits per heavy atom. The van der Waals surface area contributed by atoms with Crippen molar-refractivity contribution in [3.05, 3.63) is 17.0 Å². The van der Waals surface area contributed by atoms with E-state index in [9.17, 15) is 0 Å². The molecule has 1 saturated heterocycles. The van der Waals surface area contributed by atoms with Gasteiger partial charge in [-0.2, -0.15) is 5.10 Å². The van der Waals surface area contributed by atoms with Crippen LogP contribution in [0.1, 0.15) is 35.8 Å². The maximum atomic E-state index is 4.43. The third-order valence-electron chi connectivity index (χ3n) is 2.97. The van der Waals surface area contributed by atoms with Gasteiger partial charge in [0.2, 0.25) is 0 Å². The maximum absolute atomic E-state index is 4.43. The summed E-state index contributed by atoms with van der Waals surface area (Å²) in [5.41, 5.74) is 3.90. The molecule has 0 aromatic carbocycles. The van der Waals surface area contributed by atoms with Crippen molar-refractivity contribution in [2.45, 2.75) is 32.7 Å². The van der Waals surface area contributed by atoms with Gasteiger partial charge in [-0.25, -0.2) is 0 Å². The first-order valence-corrected chi connectivity index (χ1v) is 4.93. The van der Waals surface area contributed by atoms with Crippen LogP contribution in [0.3, 0.4) is 0 Å². The summed E-state index contributed by atoms with van der Waals surface area (Å²) in [6, 6.07) is 0.550. The molecule has 0 bridgehead atoms. The van der Waals surface area contributed by atoms with E-state index in [-0.39, 0.29) is 0 Å². The van der Waals surface area contributed by atoms with Crippen molar-refractivity contribution in [2.24, 2.45) is 7.05 Å². The molecular weight excluding hydrogens is 162 g/mol. The molecule has 1 N–H and O–H groups in total. The van der Waals surface area contributed by atoms with Gasteiger partial charge in [-0.05, 0) is 33.2 Å². The highest BCUT2D eigenvalue weighted by Gasteiger charge is 2.22. The van der Waals surface area contributed by atoms with Crippen LogP contribution in [-0.4, -0.2) is 16.3 Å². The first kappa shape index (κ1) is 8.75. The largest absolute Gasteiger partial charge is 0.310 e. The third kappa shape index (κ3) is 1.37. The lowest BCUT2D eigenvalue weighted by Gasteiger charge is -2.10. The van der Waals surface area contributed by atoms with Gasteiger partial charge in [-0.1, -0.05) is 0 Å². The first-order chi connectivity index (χ1) is 6.20. The number of nitrogens with one attached hydrogen (secondary N) is 1. The monoisotopic (exact) mass is 179 g/mol. The van der Waals surface area contributed by atoms with Crippen LogP contribution in [0.5, 0.6) is 0 Å². The summed E-state index contributed by atoms with van der Waals surface area (Å²) in [7, 11) is 2.01. The highest BCUT2D eigenvalue weighted by molar-refractivity contribution is 5.28. The van der Waals surface area contributed by atoms with Gasteiger partial charge in [0.25, 0.3) is 0 Å². The Morgan fingerprint density at radius 1 is 1.46 bits per heavy atom. The Kier molecular flexibility index (Phi) is 2.12. The minimum absolute atomic E-state index is 0.550. The molecule has 0 unspecified atom stereocenters. The van der Waals surface area contributed by atoms with Crippen LogP contribution >= 0.6 is 0 Å². The third-order valence-corrected chi connectivity index (χ3v) is 2.97. The first-order valence-electron chi connectivity index (χ1n) is 4.93. The summed E-state index contributed by atoms with van der Waals surface area (Å²) in [6.07, 6.45) is 2.55. The van der Waals surface area contributed by atoms with E-state index in [4.69, 9.17) is 0 Å². The lowest BCUT2D eigenvalue weighted by Crippen LogP contribution is -2.14. The quantitative estimate of drug-likeness (QED) is 0.707. The fraction of sp³-hybridized carbons (Fsp3) is 0.700. The van der Waals surface area contributed by atoms with Gasteiger partial charge in [-0.15, -0.1) is 0 Å². The van der Waals surface area contributed by atoms with Crippen molar-refractivity contribution in [2.75, 3.05) is 6.54 Å². The molecule has 1 atom stereocenters. The summed E-state index contributed by atoms with van der Waals surface area (Å²) in [6.45, 7) is 5.40. The summed E-state index contributed by atoms with van der Waals surface area (Å²) in [4.78, 5) is 0. The van der Waals surface area contributed by atoms with Crippen LogP contribution in [0.2, 0.25) is 0 Å². The zero-order valence-electron chi connectivity index (χ0n) is 8.59. The van der Waals surface area contributed by atoms with E-state index < -0.39 is 0 Å². The molecule has 2 rings (SSSR count). The van der Waals surface area contributed by atoms with E-state index in [0.717, 1.165) is 6.54 Å². The van der Waals surface area contributed by atoms with Crippen LogP contribution in [0.15, 0.2) is 0 Å². The van der Waals surface area contributed by atoms with Crippen molar-refractivity contribution < 1.29 is 0 Å². The SMILES string of the molecule is Cc1nn(C)c(C)c1[C@@H]1CCCN1. The topological polar surface area (TPSA) is 29.9 Å². The molecule has 0 spiro atoms. The normalized spacial score (nSPS) is 22.5. The second-order valence-corrected chi connectivity index (χ2v) is 3.86. The van der Waals surface area contributed by atoms with E-state index >= 15 is 0 Å². The minimum Gasteiger partial charge on any atom is -0.310 e. The van der Waals surface area contributed by atoms with Gasteiger partial charge >= 0.3 is 0 Å². The van der Waals surface area contributed by atoms with Crippen LogP contribution in [0.25, 0.3) is 0 Å². The van der Waals surface area contributed by atoms with Gasteiger partial charge in [-0.3, -0.25) is 4.68 Å². The van der Waals surface area contributed by atoms with Crippen molar-refractivity contribution in [1.82, 2.24) is 15.1 Å². The number of nitrogens with zero attached hydrogens (tertiary/aromatic N) is 2. The molecule has 1 fully saturated rings. The lowest BCUT2D eigenvalue weighted by molar-refractivity contribution is 0.637. The Hall–Kier alpha value is -0.830. The second-order valence-electron chi connectivity index (χ2n) is 3.86. The van der Waals surface area contributed by atoms with Gasteiger partial charge in [0, 0.05) is 24.3 Å². The lowest BCUT2D eigenvalue weighted by atomic mass is 10.0. The number of aromatic nitrogens is 2. The standard InChI is InChI=1S/C10H17N3/c1-7-10(8(2)13(3)12-7)9-5-4-6-11-9/h9,11H,4-6H2,1-3H3/t9-/m0/s1. The van der Waals surface area contributed by atoms with E-state index in [2.05, 4.69) is 24.3 Å². The average Bonchev–Trinajstić information content (AvgIpc) is 2.63. The number of rotatable bonds is 1. The fourth-order valence-electron chi connectivity index (χ4n) is 2.23. The van der Waals surface area contributed by atoms with Crippen molar-refractivity contribution in [3.63, 3.8) is 0 Å². The average molecular weight is 179 g/mol. The van der Waals surface area contributed by atoms with Crippen LogP contribution in [0.4, 0.5) is 0 Å². The zero-order chi connectivity index (χ0) is 9.42. The predicted octanol–water partition coefficient (Wildman–Crippen LogP) is 1.46. The van der Waals surface area contributed by atoms with Gasteiger partial charge < -0.3 is 5.32 Å². The molecule has 1 aliphatic heterocycles. The summed E-state index contributed by atoms with van der Waals surface area (Å²) in [5, 5.41) is 7.95. The van der Waals surface area contributed by atoms with Crippen LogP contribution in [0, 0.1) is 13.8 Å². The summed E-state index contributed by atoms with van der Waals surface area (Å²) >= 11 is 0. The Bertz CT molecular complexity index is 308. The fourth-order valence-corrected chi connectivity index (χ4v) is 2.23. The molecule has 3 heteroatoms. The van der Waals surface area contributed by atoms with Gasteiger partial charge in [0.05, 0.1) is 5.69 Å². The highest BCUT2D eigenvalue weighted by atomic mass is 15.3. The van der Waals surface area contributed by atoms with E-state index in [1.54, 1.807) is 0 Å². The van der Waals surface area contributed by atoms with E-state index in [1.165, 1.54) is 29.8 Å². The molecule has 13 heavy (non-hydrogen) atoms. The zero-order valence-corrected chi connectivity index (χ0v) is 8.59. The molecule has 0 radical (unpaired) electrons. The molecule has 1 aliphatic rings. The molecule has 3 nitrogen and oxygen atoms in total. The molecule has 0 amide bonds. The smallest absolute Gasteiger partial charge is 0.0644 e. The predicted molar refractivity (Wildman–Crippen MR) is 52.7 cm³/mol. The van der Waals surface area contributed by atoms with Crippen LogP contribution in [-0.2, 0) is 7.05 Å². The molecule has 0 saturated carbocycles. The van der Waals surface area contributed by atoms with Crippen molar-refractivity contribution in [1.29, 1.82) is 0 Å². The molecule has 1 aromatic heterocycles. The molecular formula is C10H17N3. The Morgan fingerprint density at radius 2 is 2.23 bits per heavy atom. The van der Waals surface area contributed by atoms with E-state index in [1.807, 2.05) is 11.7 Å². The van der Waals surface area contributed by atoms with Gasteiger partial charge in [0.15, 0.2) is 0 Å². The highest BCUT2D eigenvalue weighted by Crippen LogP contribution is 2.27. The molecule has 0 aliphatic carbocycles. The molecule has 1 aromatic rings. The van der Waals surface area contributed by atoms with Gasteiger partial charge in [0.1, 0.15) is 0 Å². The minimum atomic E-state index is 0.550. The molecule has 72 valence electrons. The number of aryl methyl sites for hydroxylation is 2. The molecule has 2 heterocycles. The summed E-state index contributed by atoms with van der Waals surface area (Å²) in [5.74, 6) is 0. The summed E-state index contributed by atoms with van der Waals surface area (Å²) < 4.78 is 1.98. The number of hydrogen-bond acceptors (Lipinski definition) is 2. The van der Waals surface area contributed by atoms with Crippen molar-refractivity contribution >= 4 is 0 Å². The Labute approximate surface area is 79.1 Å². The maximum Gasteiger partial charge on any atom is 0.0644 e. The van der Waals surface area contributed by atoms with Crippen molar-refractivity contribution in [3.8, 4) is 0 Å². The Balaban J connectivity index is 2.37. The second kappa shape index (κ2) is 3.14. The van der Waals surface area contributed by atoms with E-state index in [0.29, 0.717) is 6.04 Å². The number of hydrogen-bond donors (Lipinski definition) is 1.